The van der Waals surface area contributed by atoms with Gasteiger partial charge in [-0.25, -0.2) is 0 Å². The van der Waals surface area contributed by atoms with Crippen LogP contribution in [-0.2, 0) is 21.1 Å². The van der Waals surface area contributed by atoms with Crippen molar-refractivity contribution in [3.63, 3.8) is 0 Å². The van der Waals surface area contributed by atoms with Gasteiger partial charge in [0.2, 0.25) is 0 Å². The largest absolute Gasteiger partial charge is 0.313 e. The van der Waals surface area contributed by atoms with Gasteiger partial charge in [-0.2, -0.15) is 0 Å². The van der Waals surface area contributed by atoms with Crippen molar-refractivity contribution in [3.8, 4) is 0 Å². The van der Waals surface area contributed by atoms with Crippen LogP contribution >= 0.6 is 23.2 Å². The van der Waals surface area contributed by atoms with E-state index in [1.807, 2.05) is 0 Å². The number of hydrogen-bond acceptors (Lipinski definition) is 1. The van der Waals surface area contributed by atoms with Crippen molar-refractivity contribution < 1.29 is 25.9 Å². The third kappa shape index (κ3) is 48.4. The second-order valence-electron chi connectivity index (χ2n) is 0.226. The molecule has 0 heterocycles. The topological polar surface area (TPSA) is 17.1 Å². The van der Waals surface area contributed by atoms with E-state index in [0.29, 0.717) is 0 Å². The first kappa shape index (κ1) is 9.34. The molecule has 0 saturated carbocycles. The number of hydrogen-bond donors (Lipinski definition) is 0. The fourth-order valence-corrected chi connectivity index (χ4v) is 0. The van der Waals surface area contributed by atoms with Gasteiger partial charge in [0.05, 0.1) is 0 Å². The maximum Gasteiger partial charge on any atom is 0.313 e. The molecule has 0 aromatic rings. The third-order valence-electron chi connectivity index (χ3n) is 0. The van der Waals surface area contributed by atoms with Gasteiger partial charge in [0.25, 0.3) is 0 Å². The first-order chi connectivity index (χ1) is 1.73. The first-order valence-corrected chi connectivity index (χ1v) is 1.34. The Labute approximate surface area is 53.9 Å². The Bertz CT molecular complexity index is 32.6. The summed E-state index contributed by atoms with van der Waals surface area (Å²) in [4.78, 5) is 8.98. The SMILES string of the molecule is O=C(Cl)Cl.[Mo]. The third-order valence-corrected chi connectivity index (χ3v) is 0. The van der Waals surface area contributed by atoms with Crippen molar-refractivity contribution in [2.75, 3.05) is 0 Å². The Morgan fingerprint density at radius 3 is 1.40 bits per heavy atom. The molecule has 5 heavy (non-hydrogen) atoms. The molecule has 0 aliphatic carbocycles. The van der Waals surface area contributed by atoms with E-state index in [0.717, 1.165) is 0 Å². The van der Waals surface area contributed by atoms with Crippen LogP contribution in [0.25, 0.3) is 0 Å². The van der Waals surface area contributed by atoms with Crippen molar-refractivity contribution in [1.29, 1.82) is 0 Å². The van der Waals surface area contributed by atoms with Crippen molar-refractivity contribution >= 4 is 27.9 Å². The Morgan fingerprint density at radius 2 is 1.40 bits per heavy atom. The predicted molar refractivity (Wildman–Crippen MR) is 17.1 cm³/mol. The van der Waals surface area contributed by atoms with E-state index >= 15 is 0 Å². The van der Waals surface area contributed by atoms with Crippen LogP contribution in [0, 0.1) is 0 Å². The molecular weight excluding hydrogens is 195 g/mol. The van der Waals surface area contributed by atoms with Gasteiger partial charge in [0, 0.05) is 21.1 Å². The zero-order chi connectivity index (χ0) is 3.58. The van der Waals surface area contributed by atoms with E-state index in [-0.39, 0.29) is 21.1 Å². The van der Waals surface area contributed by atoms with Crippen LogP contribution in [0.5, 0.6) is 0 Å². The van der Waals surface area contributed by atoms with Crippen LogP contribution in [0.1, 0.15) is 0 Å². The fraction of sp³-hybridized carbons (Fsp3) is 0. The van der Waals surface area contributed by atoms with Gasteiger partial charge in [0.1, 0.15) is 0 Å². The van der Waals surface area contributed by atoms with E-state index in [9.17, 15) is 0 Å². The molecule has 0 saturated heterocycles. The van der Waals surface area contributed by atoms with Gasteiger partial charge in [-0.1, -0.05) is 0 Å². The van der Waals surface area contributed by atoms with Gasteiger partial charge < -0.3 is 0 Å². The summed E-state index contributed by atoms with van der Waals surface area (Å²) in [5.74, 6) is 0. The maximum absolute atomic E-state index is 8.98. The molecule has 0 radical (unpaired) electrons. The molecule has 0 spiro atoms. The molecule has 0 aromatic heterocycles. The van der Waals surface area contributed by atoms with Gasteiger partial charge in [-0.05, 0) is 23.2 Å². The fourth-order valence-electron chi connectivity index (χ4n) is 0. The molecule has 0 aliphatic heterocycles. The summed E-state index contributed by atoms with van der Waals surface area (Å²) in [6, 6.07) is 0. The monoisotopic (exact) mass is 196 g/mol. The summed E-state index contributed by atoms with van der Waals surface area (Å²) in [6.07, 6.45) is 0. The summed E-state index contributed by atoms with van der Waals surface area (Å²) in [7, 11) is 0. The Morgan fingerprint density at radius 1 is 1.40 bits per heavy atom. The molecule has 0 unspecified atom stereocenters. The van der Waals surface area contributed by atoms with Crippen molar-refractivity contribution in [1.82, 2.24) is 0 Å². The number of carbonyl (C=O) groups is 1. The summed E-state index contributed by atoms with van der Waals surface area (Å²) < 4.78 is -0.889. The standard InChI is InChI=1S/CCl2O.Mo/c2-1(3)4;. The van der Waals surface area contributed by atoms with Crippen LogP contribution in [0.3, 0.4) is 0 Å². The van der Waals surface area contributed by atoms with Crippen molar-refractivity contribution in [2.45, 2.75) is 0 Å². The average molecular weight is 195 g/mol. The van der Waals surface area contributed by atoms with E-state index in [1.54, 1.807) is 0 Å². The molecule has 0 bridgehead atoms. The summed E-state index contributed by atoms with van der Waals surface area (Å²) in [5, 5.41) is 0. The van der Waals surface area contributed by atoms with Crippen LogP contribution in [-0.4, -0.2) is 4.70 Å². The summed E-state index contributed by atoms with van der Waals surface area (Å²) in [5.41, 5.74) is 0. The summed E-state index contributed by atoms with van der Waals surface area (Å²) in [6.45, 7) is 0. The second-order valence-corrected chi connectivity index (χ2v) is 1.11. The minimum Gasteiger partial charge on any atom is -0.262 e. The molecule has 0 amide bonds. The predicted octanol–water partition coefficient (Wildman–Crippen LogP) is 1.58. The Balaban J connectivity index is 0. The van der Waals surface area contributed by atoms with Crippen molar-refractivity contribution in [3.05, 3.63) is 0 Å². The van der Waals surface area contributed by atoms with E-state index in [4.69, 9.17) is 4.79 Å². The Hall–Kier alpha value is 0.938. The summed E-state index contributed by atoms with van der Waals surface area (Å²) >= 11 is 8.80. The van der Waals surface area contributed by atoms with Crippen LogP contribution < -0.4 is 0 Å². The zero-order valence-electron chi connectivity index (χ0n) is 2.07. The molecule has 0 aromatic carbocycles. The molecule has 0 atom stereocenters. The molecule has 1 nitrogen and oxygen atoms in total. The van der Waals surface area contributed by atoms with Crippen LogP contribution in [0.4, 0.5) is 4.79 Å². The first-order valence-electron chi connectivity index (χ1n) is 0.582. The molecule has 0 N–H and O–H groups in total. The minimum absolute atomic E-state index is 0. The minimum atomic E-state index is -0.889. The molecule has 4 heteroatoms. The average Bonchev–Trinajstić information content (AvgIpc) is 0.811. The molecule has 0 rings (SSSR count). The van der Waals surface area contributed by atoms with Gasteiger partial charge in [-0.15, -0.1) is 0 Å². The second kappa shape index (κ2) is 4.94. The number of halogens is 2. The number of rotatable bonds is 0. The van der Waals surface area contributed by atoms with E-state index in [2.05, 4.69) is 23.2 Å². The smallest absolute Gasteiger partial charge is 0.262 e. The molecule has 30 valence electrons. The normalized spacial score (nSPS) is 5.20. The quantitative estimate of drug-likeness (QED) is 0.423. The molecule has 0 aliphatic rings. The van der Waals surface area contributed by atoms with E-state index in [1.165, 1.54) is 0 Å². The molecule has 0 fully saturated rings. The molecular formula is CCl2MoO. The maximum atomic E-state index is 8.98. The van der Waals surface area contributed by atoms with Gasteiger partial charge in [-0.3, -0.25) is 4.79 Å². The van der Waals surface area contributed by atoms with E-state index < -0.39 is 4.70 Å². The Kier molecular flexibility index (Phi) is 9.22. The van der Waals surface area contributed by atoms with Crippen LogP contribution in [0.2, 0.25) is 0 Å². The van der Waals surface area contributed by atoms with Crippen LogP contribution in [0.15, 0.2) is 0 Å². The van der Waals surface area contributed by atoms with Gasteiger partial charge >= 0.3 is 4.70 Å². The van der Waals surface area contributed by atoms with Gasteiger partial charge in [0.15, 0.2) is 0 Å². The number of carbonyl (C=O) groups excluding carboxylic acids is 1. The zero-order valence-corrected chi connectivity index (χ0v) is 5.59. The van der Waals surface area contributed by atoms with Crippen molar-refractivity contribution in [2.24, 2.45) is 0 Å².